The molecule has 0 rings (SSSR count). The van der Waals surface area contributed by atoms with Crippen molar-refractivity contribution < 1.29 is 9.53 Å². The van der Waals surface area contributed by atoms with Gasteiger partial charge in [-0.1, -0.05) is 60.3 Å². The third-order valence-electron chi connectivity index (χ3n) is 3.83. The number of carbonyl (C=O) groups excluding carboxylic acids is 1. The summed E-state index contributed by atoms with van der Waals surface area (Å²) in [6.07, 6.45) is 6.56. The first kappa shape index (κ1) is 17.5. The molecule has 0 radical (unpaired) electrons. The molecule has 0 aliphatic rings. The van der Waals surface area contributed by atoms with Gasteiger partial charge in [-0.3, -0.25) is 4.79 Å². The number of esters is 1. The molecule has 3 unspecified atom stereocenters. The summed E-state index contributed by atoms with van der Waals surface area (Å²) in [6.45, 7) is 11.6. The van der Waals surface area contributed by atoms with Crippen LogP contribution in [0, 0.1) is 17.8 Å². The number of hydrogen-bond acceptors (Lipinski definition) is 2. The lowest BCUT2D eigenvalue weighted by atomic mass is 9.88. The molecule has 0 spiro atoms. The van der Waals surface area contributed by atoms with E-state index in [0.29, 0.717) is 24.9 Å². The average Bonchev–Trinajstić information content (AvgIpc) is 2.33. The number of carbonyl (C=O) groups is 1. The van der Waals surface area contributed by atoms with E-state index in [-0.39, 0.29) is 5.97 Å². The minimum absolute atomic E-state index is 0.0455. The first-order valence-electron chi connectivity index (χ1n) is 7.66. The Morgan fingerprint density at radius 2 is 1.61 bits per heavy atom. The highest BCUT2D eigenvalue weighted by Crippen LogP contribution is 2.22. The van der Waals surface area contributed by atoms with Crippen molar-refractivity contribution >= 4 is 5.97 Å². The Bertz CT molecular complexity index is 213. The summed E-state index contributed by atoms with van der Waals surface area (Å²) in [5, 5.41) is 0. The minimum atomic E-state index is -0.0455. The average molecular weight is 256 g/mol. The molecule has 2 nitrogen and oxygen atoms in total. The maximum atomic E-state index is 11.3. The Hall–Kier alpha value is -0.530. The van der Waals surface area contributed by atoms with E-state index < -0.39 is 0 Å². The molecule has 2 heteroatoms. The molecule has 0 aliphatic heterocycles. The lowest BCUT2D eigenvalue weighted by molar-refractivity contribution is -0.145. The number of rotatable bonds is 10. The fourth-order valence-corrected chi connectivity index (χ4v) is 2.13. The highest BCUT2D eigenvalue weighted by Gasteiger charge is 2.15. The van der Waals surface area contributed by atoms with Crippen LogP contribution in [0.15, 0.2) is 0 Å². The molecule has 0 aliphatic carbocycles. The zero-order valence-corrected chi connectivity index (χ0v) is 13.0. The van der Waals surface area contributed by atoms with Gasteiger partial charge in [-0.25, -0.2) is 0 Å². The van der Waals surface area contributed by atoms with Crippen LogP contribution < -0.4 is 0 Å². The summed E-state index contributed by atoms with van der Waals surface area (Å²) in [7, 11) is 0. The second-order valence-corrected chi connectivity index (χ2v) is 5.86. The van der Waals surface area contributed by atoms with Crippen molar-refractivity contribution in [2.24, 2.45) is 17.8 Å². The van der Waals surface area contributed by atoms with Crippen molar-refractivity contribution in [3.63, 3.8) is 0 Å². The Morgan fingerprint density at radius 1 is 0.944 bits per heavy atom. The standard InChI is InChI=1S/C16H32O2/c1-6-8-13(3)10-11-14(4)15(5)12-18-16(17)9-7-2/h13-15H,6-12H2,1-5H3. The third-order valence-corrected chi connectivity index (χ3v) is 3.83. The predicted molar refractivity (Wildman–Crippen MR) is 77.5 cm³/mol. The number of ether oxygens (including phenoxy) is 1. The summed E-state index contributed by atoms with van der Waals surface area (Å²) >= 11 is 0. The van der Waals surface area contributed by atoms with Crippen LogP contribution in [-0.2, 0) is 9.53 Å². The number of hydrogen-bond donors (Lipinski definition) is 0. The van der Waals surface area contributed by atoms with Crippen LogP contribution in [0.2, 0.25) is 0 Å². The van der Waals surface area contributed by atoms with Crippen molar-refractivity contribution in [1.82, 2.24) is 0 Å². The van der Waals surface area contributed by atoms with Gasteiger partial charge in [-0.15, -0.1) is 0 Å². The summed E-state index contributed by atoms with van der Waals surface area (Å²) < 4.78 is 5.28. The maximum Gasteiger partial charge on any atom is 0.305 e. The molecule has 3 atom stereocenters. The third kappa shape index (κ3) is 8.54. The van der Waals surface area contributed by atoms with E-state index in [1.54, 1.807) is 0 Å². The van der Waals surface area contributed by atoms with Gasteiger partial charge >= 0.3 is 5.97 Å². The lowest BCUT2D eigenvalue weighted by Crippen LogP contribution is -2.18. The van der Waals surface area contributed by atoms with E-state index in [1.807, 2.05) is 6.92 Å². The molecule has 0 heterocycles. The van der Waals surface area contributed by atoms with Crippen LogP contribution in [0.5, 0.6) is 0 Å². The quantitative estimate of drug-likeness (QED) is 0.524. The van der Waals surface area contributed by atoms with Gasteiger partial charge in [0.15, 0.2) is 0 Å². The molecule has 0 fully saturated rings. The monoisotopic (exact) mass is 256 g/mol. The summed E-state index contributed by atoms with van der Waals surface area (Å²) in [6, 6.07) is 0. The van der Waals surface area contributed by atoms with E-state index in [4.69, 9.17) is 4.74 Å². The Labute approximate surface area is 113 Å². The van der Waals surface area contributed by atoms with Crippen LogP contribution in [0.4, 0.5) is 0 Å². The SMILES string of the molecule is CCCC(=O)OCC(C)C(C)CCC(C)CCC. The van der Waals surface area contributed by atoms with Gasteiger partial charge in [0.2, 0.25) is 0 Å². The first-order chi connectivity index (χ1) is 8.51. The lowest BCUT2D eigenvalue weighted by Gasteiger charge is -2.21. The second-order valence-electron chi connectivity index (χ2n) is 5.86. The molecule has 0 amide bonds. The van der Waals surface area contributed by atoms with Crippen molar-refractivity contribution in [3.8, 4) is 0 Å². The van der Waals surface area contributed by atoms with E-state index >= 15 is 0 Å². The molecule has 108 valence electrons. The van der Waals surface area contributed by atoms with Gasteiger partial charge in [0.25, 0.3) is 0 Å². The van der Waals surface area contributed by atoms with Gasteiger partial charge < -0.3 is 4.74 Å². The van der Waals surface area contributed by atoms with Gasteiger partial charge in [-0.05, 0) is 24.2 Å². The summed E-state index contributed by atoms with van der Waals surface area (Å²) in [5.74, 6) is 1.89. The van der Waals surface area contributed by atoms with Gasteiger partial charge in [0.05, 0.1) is 6.61 Å². The van der Waals surface area contributed by atoms with Crippen LogP contribution >= 0.6 is 0 Å². The predicted octanol–water partition coefficient (Wildman–Crippen LogP) is 4.82. The van der Waals surface area contributed by atoms with Crippen molar-refractivity contribution in [2.75, 3.05) is 6.61 Å². The molecular formula is C16H32O2. The van der Waals surface area contributed by atoms with Crippen molar-refractivity contribution in [3.05, 3.63) is 0 Å². The fraction of sp³-hybridized carbons (Fsp3) is 0.938. The Morgan fingerprint density at radius 3 is 2.17 bits per heavy atom. The second kappa shape index (κ2) is 10.4. The largest absolute Gasteiger partial charge is 0.465 e. The normalized spacial score (nSPS) is 16.1. The zero-order chi connectivity index (χ0) is 14.0. The highest BCUT2D eigenvalue weighted by atomic mass is 16.5. The zero-order valence-electron chi connectivity index (χ0n) is 13.0. The van der Waals surface area contributed by atoms with Crippen molar-refractivity contribution in [1.29, 1.82) is 0 Å². The molecule has 0 aromatic carbocycles. The van der Waals surface area contributed by atoms with Crippen LogP contribution in [-0.4, -0.2) is 12.6 Å². The molecule has 0 saturated heterocycles. The molecule has 0 bridgehead atoms. The van der Waals surface area contributed by atoms with E-state index in [0.717, 1.165) is 12.3 Å². The van der Waals surface area contributed by atoms with Gasteiger partial charge in [0.1, 0.15) is 0 Å². The van der Waals surface area contributed by atoms with Gasteiger partial charge in [0, 0.05) is 6.42 Å². The van der Waals surface area contributed by atoms with Crippen LogP contribution in [0.3, 0.4) is 0 Å². The molecule has 0 N–H and O–H groups in total. The smallest absolute Gasteiger partial charge is 0.305 e. The van der Waals surface area contributed by atoms with E-state index in [9.17, 15) is 4.79 Å². The molecular weight excluding hydrogens is 224 g/mol. The fourth-order valence-electron chi connectivity index (χ4n) is 2.13. The Kier molecular flexibility index (Phi) is 10.1. The summed E-state index contributed by atoms with van der Waals surface area (Å²) in [5.41, 5.74) is 0. The minimum Gasteiger partial charge on any atom is -0.465 e. The highest BCUT2D eigenvalue weighted by molar-refractivity contribution is 5.69. The molecule has 0 aromatic rings. The van der Waals surface area contributed by atoms with Crippen LogP contribution in [0.1, 0.15) is 73.1 Å². The Balaban J connectivity index is 3.75. The topological polar surface area (TPSA) is 26.3 Å². The van der Waals surface area contributed by atoms with E-state index in [2.05, 4.69) is 27.7 Å². The van der Waals surface area contributed by atoms with Crippen LogP contribution in [0.25, 0.3) is 0 Å². The van der Waals surface area contributed by atoms with E-state index in [1.165, 1.54) is 25.7 Å². The molecule has 0 saturated carbocycles. The van der Waals surface area contributed by atoms with Gasteiger partial charge in [-0.2, -0.15) is 0 Å². The maximum absolute atomic E-state index is 11.3. The molecule has 0 aromatic heterocycles. The molecule has 18 heavy (non-hydrogen) atoms. The first-order valence-corrected chi connectivity index (χ1v) is 7.66. The summed E-state index contributed by atoms with van der Waals surface area (Å²) in [4.78, 5) is 11.3. The van der Waals surface area contributed by atoms with Crippen molar-refractivity contribution in [2.45, 2.75) is 73.1 Å².